The highest BCUT2D eigenvalue weighted by Gasteiger charge is 2.33. The first-order chi connectivity index (χ1) is 12.9. The van der Waals surface area contributed by atoms with Crippen LogP contribution in [-0.2, 0) is 21.2 Å². The van der Waals surface area contributed by atoms with Gasteiger partial charge >= 0.3 is 0 Å². The van der Waals surface area contributed by atoms with Gasteiger partial charge in [0.15, 0.2) is 0 Å². The van der Waals surface area contributed by atoms with Crippen molar-refractivity contribution in [2.75, 3.05) is 6.54 Å². The second-order valence-electron chi connectivity index (χ2n) is 7.20. The Balaban J connectivity index is 1.43. The van der Waals surface area contributed by atoms with E-state index in [0.29, 0.717) is 24.8 Å². The van der Waals surface area contributed by atoms with Gasteiger partial charge in [-0.2, -0.15) is 0 Å². The van der Waals surface area contributed by atoms with Gasteiger partial charge in [-0.25, -0.2) is 13.6 Å². The summed E-state index contributed by atoms with van der Waals surface area (Å²) in [5.74, 6) is 1.05. The third-order valence-electron chi connectivity index (χ3n) is 5.04. The summed E-state index contributed by atoms with van der Waals surface area (Å²) < 4.78 is 22.5. The summed E-state index contributed by atoms with van der Waals surface area (Å²) in [5.41, 5.74) is 2.28. The Hall–Kier alpha value is -2.18. The standard InChI is InChI=1S/C21H26N2O3S/c22-27(25,26)19-12-8-16(9-13-19)5-4-14-23-21(24)15-20(18-10-11-18)17-6-2-1-3-7-17/h1-3,6-9,12-13,18,20H,4-5,10-11,14-15H2,(H,23,24)(H2,22,25,26). The topological polar surface area (TPSA) is 89.3 Å². The molecule has 5 nitrogen and oxygen atoms in total. The SMILES string of the molecule is NS(=O)(=O)c1ccc(CCCNC(=O)CC(c2ccccc2)C2CC2)cc1. The third kappa shape index (κ3) is 5.91. The molecule has 1 atom stereocenters. The van der Waals surface area contributed by atoms with E-state index in [-0.39, 0.29) is 10.8 Å². The fourth-order valence-electron chi connectivity index (χ4n) is 3.39. The third-order valence-corrected chi connectivity index (χ3v) is 5.97. The highest BCUT2D eigenvalue weighted by atomic mass is 32.2. The van der Waals surface area contributed by atoms with E-state index in [0.717, 1.165) is 18.4 Å². The lowest BCUT2D eigenvalue weighted by Crippen LogP contribution is -2.26. The molecule has 1 saturated carbocycles. The zero-order chi connectivity index (χ0) is 19.3. The van der Waals surface area contributed by atoms with Crippen molar-refractivity contribution in [3.8, 4) is 0 Å². The molecule has 1 amide bonds. The first-order valence-electron chi connectivity index (χ1n) is 9.37. The van der Waals surface area contributed by atoms with Gasteiger partial charge in [0, 0.05) is 13.0 Å². The van der Waals surface area contributed by atoms with Crippen LogP contribution in [0.25, 0.3) is 0 Å². The Bertz CT molecular complexity index is 860. The number of carbonyl (C=O) groups excluding carboxylic acids is 1. The predicted octanol–water partition coefficient (Wildman–Crippen LogP) is 2.97. The van der Waals surface area contributed by atoms with Crippen molar-refractivity contribution < 1.29 is 13.2 Å². The van der Waals surface area contributed by atoms with Gasteiger partial charge in [0.2, 0.25) is 15.9 Å². The van der Waals surface area contributed by atoms with Crippen LogP contribution < -0.4 is 10.5 Å². The summed E-state index contributed by atoms with van der Waals surface area (Å²) in [6.07, 6.45) is 4.54. The number of amides is 1. The number of carbonyl (C=O) groups is 1. The van der Waals surface area contributed by atoms with Crippen molar-refractivity contribution >= 4 is 15.9 Å². The van der Waals surface area contributed by atoms with Gasteiger partial charge < -0.3 is 5.32 Å². The lowest BCUT2D eigenvalue weighted by Gasteiger charge is -2.16. The number of aryl methyl sites for hydroxylation is 1. The monoisotopic (exact) mass is 386 g/mol. The van der Waals surface area contributed by atoms with Crippen molar-refractivity contribution in [1.82, 2.24) is 5.32 Å². The van der Waals surface area contributed by atoms with Gasteiger partial charge in [-0.15, -0.1) is 0 Å². The molecule has 27 heavy (non-hydrogen) atoms. The van der Waals surface area contributed by atoms with Crippen molar-refractivity contribution in [3.05, 3.63) is 65.7 Å². The summed E-state index contributed by atoms with van der Waals surface area (Å²) in [7, 11) is -3.65. The van der Waals surface area contributed by atoms with E-state index < -0.39 is 10.0 Å². The van der Waals surface area contributed by atoms with E-state index >= 15 is 0 Å². The Labute approximate surface area is 161 Å². The van der Waals surface area contributed by atoms with E-state index in [2.05, 4.69) is 17.4 Å². The molecule has 1 fully saturated rings. The zero-order valence-electron chi connectivity index (χ0n) is 15.3. The van der Waals surface area contributed by atoms with Crippen LogP contribution >= 0.6 is 0 Å². The minimum atomic E-state index is -3.65. The van der Waals surface area contributed by atoms with Gasteiger partial charge in [0.25, 0.3) is 0 Å². The molecule has 0 aliphatic heterocycles. The molecule has 1 aliphatic carbocycles. The maximum absolute atomic E-state index is 12.3. The Morgan fingerprint density at radius 1 is 1.07 bits per heavy atom. The number of primary sulfonamides is 1. The maximum Gasteiger partial charge on any atom is 0.238 e. The molecule has 0 radical (unpaired) electrons. The van der Waals surface area contributed by atoms with E-state index in [1.807, 2.05) is 18.2 Å². The largest absolute Gasteiger partial charge is 0.356 e. The minimum absolute atomic E-state index is 0.0975. The fraction of sp³-hybridized carbons (Fsp3) is 0.381. The van der Waals surface area contributed by atoms with E-state index in [9.17, 15) is 13.2 Å². The molecule has 3 rings (SSSR count). The van der Waals surface area contributed by atoms with Crippen LogP contribution in [0.4, 0.5) is 0 Å². The summed E-state index contributed by atoms with van der Waals surface area (Å²) in [4.78, 5) is 12.5. The number of rotatable bonds is 9. The molecule has 3 N–H and O–H groups in total. The molecule has 6 heteroatoms. The molecular formula is C21H26N2O3S. The van der Waals surface area contributed by atoms with Crippen molar-refractivity contribution in [2.45, 2.75) is 42.9 Å². The first kappa shape index (κ1) is 19.6. The molecule has 0 saturated heterocycles. The quantitative estimate of drug-likeness (QED) is 0.649. The van der Waals surface area contributed by atoms with E-state index in [1.165, 1.54) is 30.5 Å². The number of nitrogens with two attached hydrogens (primary N) is 1. The van der Waals surface area contributed by atoms with Crippen LogP contribution in [-0.4, -0.2) is 20.9 Å². The number of hydrogen-bond acceptors (Lipinski definition) is 3. The van der Waals surface area contributed by atoms with Crippen molar-refractivity contribution in [1.29, 1.82) is 0 Å². The average Bonchev–Trinajstić information content (AvgIpc) is 3.49. The summed E-state index contributed by atoms with van der Waals surface area (Å²) in [6, 6.07) is 16.9. The molecule has 0 heterocycles. The Morgan fingerprint density at radius 3 is 2.33 bits per heavy atom. The lowest BCUT2D eigenvalue weighted by molar-refractivity contribution is -0.121. The van der Waals surface area contributed by atoms with Gasteiger partial charge in [0.05, 0.1) is 4.90 Å². The van der Waals surface area contributed by atoms with Gasteiger partial charge in [-0.05, 0) is 60.8 Å². The first-order valence-corrected chi connectivity index (χ1v) is 10.9. The molecule has 1 unspecified atom stereocenters. The number of nitrogens with one attached hydrogen (secondary N) is 1. The molecule has 0 spiro atoms. The van der Waals surface area contributed by atoms with Crippen LogP contribution in [0.15, 0.2) is 59.5 Å². The molecule has 2 aromatic carbocycles. The summed E-state index contributed by atoms with van der Waals surface area (Å²) in [5, 5.41) is 8.11. The van der Waals surface area contributed by atoms with Gasteiger partial charge in [-0.1, -0.05) is 42.5 Å². The predicted molar refractivity (Wildman–Crippen MR) is 106 cm³/mol. The molecule has 0 bridgehead atoms. The summed E-state index contributed by atoms with van der Waals surface area (Å²) >= 11 is 0. The number of benzene rings is 2. The lowest BCUT2D eigenvalue weighted by atomic mass is 9.91. The fourth-order valence-corrected chi connectivity index (χ4v) is 3.91. The average molecular weight is 387 g/mol. The molecular weight excluding hydrogens is 360 g/mol. The Kier molecular flexibility index (Phi) is 6.29. The van der Waals surface area contributed by atoms with E-state index in [1.54, 1.807) is 12.1 Å². The second kappa shape index (κ2) is 8.67. The molecule has 0 aromatic heterocycles. The number of sulfonamides is 1. The molecule has 1 aliphatic rings. The van der Waals surface area contributed by atoms with Crippen LogP contribution in [0.5, 0.6) is 0 Å². The molecule has 144 valence electrons. The normalized spacial score (nSPS) is 15.3. The highest BCUT2D eigenvalue weighted by molar-refractivity contribution is 7.89. The number of hydrogen-bond donors (Lipinski definition) is 2. The smallest absolute Gasteiger partial charge is 0.238 e. The van der Waals surface area contributed by atoms with Crippen LogP contribution in [0.1, 0.15) is 42.7 Å². The van der Waals surface area contributed by atoms with Gasteiger partial charge in [0.1, 0.15) is 0 Å². The minimum Gasteiger partial charge on any atom is -0.356 e. The molecule has 2 aromatic rings. The van der Waals surface area contributed by atoms with Crippen molar-refractivity contribution in [2.24, 2.45) is 11.1 Å². The summed E-state index contributed by atoms with van der Waals surface area (Å²) in [6.45, 7) is 0.613. The zero-order valence-corrected chi connectivity index (χ0v) is 16.1. The van der Waals surface area contributed by atoms with Crippen molar-refractivity contribution in [3.63, 3.8) is 0 Å². The van der Waals surface area contributed by atoms with E-state index in [4.69, 9.17) is 5.14 Å². The van der Waals surface area contributed by atoms with Crippen LogP contribution in [0.3, 0.4) is 0 Å². The highest BCUT2D eigenvalue weighted by Crippen LogP contribution is 2.44. The van der Waals surface area contributed by atoms with Crippen LogP contribution in [0, 0.1) is 5.92 Å². The van der Waals surface area contributed by atoms with Crippen LogP contribution in [0.2, 0.25) is 0 Å². The van der Waals surface area contributed by atoms with Gasteiger partial charge in [-0.3, -0.25) is 4.79 Å². The Morgan fingerprint density at radius 2 is 1.74 bits per heavy atom. The second-order valence-corrected chi connectivity index (χ2v) is 8.76. The maximum atomic E-state index is 12.3.